The van der Waals surface area contributed by atoms with Crippen molar-refractivity contribution in [2.75, 3.05) is 5.32 Å². The molecule has 0 bridgehead atoms. The van der Waals surface area contributed by atoms with Crippen molar-refractivity contribution >= 4 is 28.6 Å². The van der Waals surface area contributed by atoms with Crippen molar-refractivity contribution < 1.29 is 22.9 Å². The van der Waals surface area contributed by atoms with Gasteiger partial charge >= 0.3 is 6.18 Å². The van der Waals surface area contributed by atoms with Crippen molar-refractivity contribution in [3.63, 3.8) is 0 Å². The predicted molar refractivity (Wildman–Crippen MR) is 72.9 cm³/mol. The summed E-state index contributed by atoms with van der Waals surface area (Å²) in [5.74, 6) is -1.02. The summed E-state index contributed by atoms with van der Waals surface area (Å²) < 4.78 is 38.1. The lowest BCUT2D eigenvalue weighted by Gasteiger charge is -2.09. The van der Waals surface area contributed by atoms with Gasteiger partial charge in [0.05, 0.1) is 16.1 Å². The molecule has 0 aliphatic heterocycles. The number of non-ortho nitro benzene ring substituents is 1. The van der Waals surface area contributed by atoms with E-state index in [0.717, 1.165) is 11.6 Å². The summed E-state index contributed by atoms with van der Waals surface area (Å²) in [7, 11) is 0. The van der Waals surface area contributed by atoms with Crippen LogP contribution in [0.25, 0.3) is 0 Å². The molecule has 0 aliphatic rings. The van der Waals surface area contributed by atoms with Gasteiger partial charge in [0.25, 0.3) is 11.6 Å². The van der Waals surface area contributed by atoms with Crippen LogP contribution in [0, 0.1) is 17.0 Å². The lowest BCUT2D eigenvalue weighted by atomic mass is 10.1. The number of amides is 1. The Morgan fingerprint density at radius 1 is 1.41 bits per heavy atom. The molecule has 1 aromatic carbocycles. The number of carbonyl (C=O) groups excluding carboxylic acids is 1. The third-order valence-electron chi connectivity index (χ3n) is 2.72. The number of nitro groups is 1. The molecule has 22 heavy (non-hydrogen) atoms. The molecule has 1 N–H and O–H groups in total. The van der Waals surface area contributed by atoms with Crippen molar-refractivity contribution in [2.24, 2.45) is 0 Å². The molecule has 10 heteroatoms. The molecule has 1 amide bonds. The number of hydrogen-bond donors (Lipinski definition) is 1. The van der Waals surface area contributed by atoms with Crippen molar-refractivity contribution in [3.8, 4) is 0 Å². The number of aromatic nitrogens is 1. The van der Waals surface area contributed by atoms with Gasteiger partial charge in [0.15, 0.2) is 5.69 Å². The number of hydrogen-bond acceptors (Lipinski definition) is 5. The molecule has 6 nitrogen and oxygen atoms in total. The Morgan fingerprint density at radius 3 is 2.68 bits per heavy atom. The number of nitrogens with zero attached hydrogens (tertiary/aromatic N) is 2. The van der Waals surface area contributed by atoms with E-state index in [0.29, 0.717) is 16.9 Å². The van der Waals surface area contributed by atoms with E-state index in [4.69, 9.17) is 0 Å². The highest BCUT2D eigenvalue weighted by Gasteiger charge is 2.38. The molecule has 0 unspecified atom stereocenters. The topological polar surface area (TPSA) is 85.1 Å². The van der Waals surface area contributed by atoms with E-state index < -0.39 is 27.6 Å². The maximum Gasteiger partial charge on any atom is 0.434 e. The van der Waals surface area contributed by atoms with Gasteiger partial charge in [0.2, 0.25) is 0 Å². The molecule has 2 rings (SSSR count). The van der Waals surface area contributed by atoms with E-state index in [9.17, 15) is 28.1 Å². The monoisotopic (exact) mass is 331 g/mol. The number of anilines is 1. The van der Waals surface area contributed by atoms with Crippen molar-refractivity contribution in [3.05, 3.63) is 50.0 Å². The number of rotatable bonds is 3. The maximum absolute atomic E-state index is 12.7. The minimum Gasteiger partial charge on any atom is -0.321 e. The van der Waals surface area contributed by atoms with Gasteiger partial charge in [-0.2, -0.15) is 13.2 Å². The van der Waals surface area contributed by atoms with Crippen LogP contribution < -0.4 is 5.32 Å². The quantitative estimate of drug-likeness (QED) is 0.687. The number of carbonyl (C=O) groups is 1. The fourth-order valence-corrected chi connectivity index (χ4v) is 2.35. The molecule has 0 saturated heterocycles. The SMILES string of the molecule is Cc1ccc([N+](=O)[O-])cc1NC(=O)c1scnc1C(F)(F)F. The number of thiazole rings is 1. The van der Waals surface area contributed by atoms with Gasteiger partial charge in [0, 0.05) is 12.1 Å². The van der Waals surface area contributed by atoms with Crippen LogP contribution >= 0.6 is 11.3 Å². The number of alkyl halides is 3. The van der Waals surface area contributed by atoms with E-state index >= 15 is 0 Å². The van der Waals surface area contributed by atoms with Crippen LogP contribution in [0.3, 0.4) is 0 Å². The molecule has 2 aromatic rings. The van der Waals surface area contributed by atoms with Gasteiger partial charge in [-0.05, 0) is 12.5 Å². The number of halogens is 3. The molecule has 0 fully saturated rings. The number of nitrogens with one attached hydrogen (secondary N) is 1. The lowest BCUT2D eigenvalue weighted by molar-refractivity contribution is -0.384. The highest BCUT2D eigenvalue weighted by molar-refractivity contribution is 7.12. The molecule has 1 aromatic heterocycles. The average molecular weight is 331 g/mol. The smallest absolute Gasteiger partial charge is 0.321 e. The van der Waals surface area contributed by atoms with Gasteiger partial charge in [-0.3, -0.25) is 14.9 Å². The molecule has 0 spiro atoms. The third-order valence-corrected chi connectivity index (χ3v) is 3.55. The Labute approximate surface area is 125 Å². The van der Waals surface area contributed by atoms with Crippen LogP contribution in [0.4, 0.5) is 24.5 Å². The first-order valence-corrected chi connectivity index (χ1v) is 6.65. The first kappa shape index (κ1) is 15.9. The average Bonchev–Trinajstić information content (AvgIpc) is 2.90. The Hall–Kier alpha value is -2.49. The number of aryl methyl sites for hydroxylation is 1. The van der Waals surface area contributed by atoms with E-state index in [1.165, 1.54) is 12.1 Å². The fourth-order valence-electron chi connectivity index (χ4n) is 1.65. The fraction of sp³-hybridized carbons (Fsp3) is 0.167. The molecular weight excluding hydrogens is 323 g/mol. The highest BCUT2D eigenvalue weighted by atomic mass is 32.1. The molecule has 0 saturated carbocycles. The van der Waals surface area contributed by atoms with E-state index in [2.05, 4.69) is 10.3 Å². The largest absolute Gasteiger partial charge is 0.434 e. The van der Waals surface area contributed by atoms with Gasteiger partial charge in [0.1, 0.15) is 4.88 Å². The predicted octanol–water partition coefficient (Wildman–Crippen LogP) is 3.63. The first-order chi connectivity index (χ1) is 10.2. The Bertz CT molecular complexity index is 743. The summed E-state index contributed by atoms with van der Waals surface area (Å²) >= 11 is 0.543. The second-order valence-corrected chi connectivity index (χ2v) is 5.09. The first-order valence-electron chi connectivity index (χ1n) is 5.77. The van der Waals surface area contributed by atoms with Crippen LogP contribution in [-0.4, -0.2) is 15.8 Å². The van der Waals surface area contributed by atoms with E-state index in [1.54, 1.807) is 6.92 Å². The van der Waals surface area contributed by atoms with Gasteiger partial charge in [-0.1, -0.05) is 6.07 Å². The Balaban J connectivity index is 2.32. The minimum absolute atomic E-state index is 0.0701. The highest BCUT2D eigenvalue weighted by Crippen LogP contribution is 2.33. The zero-order valence-electron chi connectivity index (χ0n) is 11.0. The van der Waals surface area contributed by atoms with Crippen LogP contribution in [0.5, 0.6) is 0 Å². The summed E-state index contributed by atoms with van der Waals surface area (Å²) in [6, 6.07) is 3.71. The second kappa shape index (κ2) is 5.72. The summed E-state index contributed by atoms with van der Waals surface area (Å²) in [5.41, 5.74) is -0.0880. The summed E-state index contributed by atoms with van der Waals surface area (Å²) in [5, 5.41) is 12.9. The van der Waals surface area contributed by atoms with Crippen molar-refractivity contribution in [2.45, 2.75) is 13.1 Å². The summed E-state index contributed by atoms with van der Waals surface area (Å²) in [4.78, 5) is 24.5. The number of nitro benzene ring substituents is 1. The molecule has 1 heterocycles. The Morgan fingerprint density at radius 2 is 2.09 bits per heavy atom. The van der Waals surface area contributed by atoms with Gasteiger partial charge in [-0.25, -0.2) is 4.98 Å². The van der Waals surface area contributed by atoms with Gasteiger partial charge < -0.3 is 5.32 Å². The third kappa shape index (κ3) is 3.22. The summed E-state index contributed by atoms with van der Waals surface area (Å²) in [6.45, 7) is 1.57. The zero-order chi connectivity index (χ0) is 16.5. The standard InChI is InChI=1S/C12H8F3N3O3S/c1-6-2-3-7(18(20)21)4-8(6)17-11(19)9-10(12(13,14)15)16-5-22-9/h2-5H,1H3,(H,17,19). The molecule has 0 radical (unpaired) electrons. The molecule has 0 atom stereocenters. The summed E-state index contributed by atoms with van der Waals surface area (Å²) in [6.07, 6.45) is -4.75. The van der Waals surface area contributed by atoms with Crippen molar-refractivity contribution in [1.29, 1.82) is 0 Å². The van der Waals surface area contributed by atoms with Crippen LogP contribution in [0.15, 0.2) is 23.7 Å². The number of benzene rings is 1. The van der Waals surface area contributed by atoms with E-state index in [1.807, 2.05) is 0 Å². The molecule has 116 valence electrons. The lowest BCUT2D eigenvalue weighted by Crippen LogP contribution is -2.17. The van der Waals surface area contributed by atoms with Gasteiger partial charge in [-0.15, -0.1) is 11.3 Å². The molecular formula is C12H8F3N3O3S. The normalized spacial score (nSPS) is 11.3. The minimum atomic E-state index is -4.75. The van der Waals surface area contributed by atoms with Crippen molar-refractivity contribution in [1.82, 2.24) is 4.98 Å². The van der Waals surface area contributed by atoms with Crippen LogP contribution in [0.2, 0.25) is 0 Å². The van der Waals surface area contributed by atoms with E-state index in [-0.39, 0.29) is 11.4 Å². The maximum atomic E-state index is 12.7. The van der Waals surface area contributed by atoms with Crippen LogP contribution in [0.1, 0.15) is 20.9 Å². The zero-order valence-corrected chi connectivity index (χ0v) is 11.8. The van der Waals surface area contributed by atoms with Crippen LogP contribution in [-0.2, 0) is 6.18 Å². The molecule has 0 aliphatic carbocycles. The second-order valence-electron chi connectivity index (χ2n) is 4.24. The Kier molecular flexibility index (Phi) is 4.13.